The molecule has 0 aliphatic carbocycles. The van der Waals surface area contributed by atoms with Gasteiger partial charge in [0.1, 0.15) is 0 Å². The van der Waals surface area contributed by atoms with E-state index in [0.717, 1.165) is 0 Å². The van der Waals surface area contributed by atoms with Crippen molar-refractivity contribution >= 4 is 0 Å². The van der Waals surface area contributed by atoms with Gasteiger partial charge in [0.2, 0.25) is 0 Å². The number of ether oxygens (including phenoxy) is 1. The van der Waals surface area contributed by atoms with Crippen molar-refractivity contribution in [3.8, 4) is 0 Å². The molecule has 2 nitrogen and oxygen atoms in total. The molecule has 0 spiro atoms. The molecule has 1 fully saturated rings. The van der Waals surface area contributed by atoms with Gasteiger partial charge in [-0.1, -0.05) is 0 Å². The molecule has 0 saturated carbocycles. The first-order valence-electron chi connectivity index (χ1n) is 2.86. The maximum atomic E-state index is 9.18. The molecule has 0 aromatic rings. The molecule has 1 heterocycles. The third-order valence-corrected chi connectivity index (χ3v) is 1.42. The fraction of sp³-hybridized carbons (Fsp3) is 0.833. The average molecular weight is 115 g/mol. The van der Waals surface area contributed by atoms with Gasteiger partial charge in [-0.05, 0) is 19.8 Å². The Balaban J connectivity index is 2.33. The first-order valence-corrected chi connectivity index (χ1v) is 2.86. The number of rotatable bonds is 0. The van der Waals surface area contributed by atoms with Crippen LogP contribution in [0.25, 0.3) is 0 Å². The summed E-state index contributed by atoms with van der Waals surface area (Å²) in [5.74, 6) is 0. The van der Waals surface area contributed by atoms with Crippen LogP contribution in [0.5, 0.6) is 0 Å². The van der Waals surface area contributed by atoms with Crippen molar-refractivity contribution in [2.45, 2.75) is 18.4 Å². The summed E-state index contributed by atoms with van der Waals surface area (Å²) in [7, 11) is 0. The van der Waals surface area contributed by atoms with Crippen molar-refractivity contribution in [1.29, 1.82) is 0 Å². The normalized spacial score (nSPS) is 27.8. The van der Waals surface area contributed by atoms with Crippen molar-refractivity contribution in [3.05, 3.63) is 6.92 Å². The molecule has 47 valence electrons. The SMILES string of the molecule is [CH2]C1(O)CCOCC1. The zero-order chi connectivity index (χ0) is 6.04. The van der Waals surface area contributed by atoms with E-state index in [1.807, 2.05) is 0 Å². The molecule has 0 aromatic heterocycles. The molecule has 0 aromatic carbocycles. The summed E-state index contributed by atoms with van der Waals surface area (Å²) in [5.41, 5.74) is -0.696. The molecule has 0 atom stereocenters. The molecule has 8 heavy (non-hydrogen) atoms. The third-order valence-electron chi connectivity index (χ3n) is 1.42. The highest BCUT2D eigenvalue weighted by Crippen LogP contribution is 2.17. The molecule has 0 unspecified atom stereocenters. The van der Waals surface area contributed by atoms with Gasteiger partial charge in [0.25, 0.3) is 0 Å². The zero-order valence-electron chi connectivity index (χ0n) is 4.89. The van der Waals surface area contributed by atoms with Crippen LogP contribution in [0.1, 0.15) is 12.8 Å². The highest BCUT2D eigenvalue weighted by atomic mass is 16.5. The van der Waals surface area contributed by atoms with Crippen molar-refractivity contribution in [2.75, 3.05) is 13.2 Å². The summed E-state index contributed by atoms with van der Waals surface area (Å²) >= 11 is 0. The average Bonchev–Trinajstić information content (AvgIpc) is 1.65. The van der Waals surface area contributed by atoms with Crippen LogP contribution >= 0.6 is 0 Å². The van der Waals surface area contributed by atoms with Crippen LogP contribution < -0.4 is 0 Å². The minimum absolute atomic E-state index is 0.653. The monoisotopic (exact) mass is 115 g/mol. The molecule has 1 saturated heterocycles. The lowest BCUT2D eigenvalue weighted by Crippen LogP contribution is -2.32. The largest absolute Gasteiger partial charge is 0.390 e. The van der Waals surface area contributed by atoms with Gasteiger partial charge in [0, 0.05) is 13.2 Å². The van der Waals surface area contributed by atoms with E-state index < -0.39 is 5.60 Å². The Bertz CT molecular complexity index is 70.6. The second-order valence-electron chi connectivity index (χ2n) is 2.34. The predicted octanol–water partition coefficient (Wildman–Crippen LogP) is 0.362. The van der Waals surface area contributed by atoms with Gasteiger partial charge >= 0.3 is 0 Å². The quantitative estimate of drug-likeness (QED) is 0.494. The Labute approximate surface area is 49.5 Å². The van der Waals surface area contributed by atoms with Gasteiger partial charge in [0.15, 0.2) is 0 Å². The Morgan fingerprint density at radius 2 is 1.88 bits per heavy atom. The molecule has 1 rings (SSSR count). The Morgan fingerprint density at radius 3 is 2.12 bits per heavy atom. The molecule has 1 aliphatic heterocycles. The van der Waals surface area contributed by atoms with Gasteiger partial charge in [-0.25, -0.2) is 0 Å². The van der Waals surface area contributed by atoms with Gasteiger partial charge < -0.3 is 9.84 Å². The van der Waals surface area contributed by atoms with E-state index in [0.29, 0.717) is 26.1 Å². The first-order chi connectivity index (χ1) is 3.71. The van der Waals surface area contributed by atoms with Crippen LogP contribution in [-0.2, 0) is 4.74 Å². The van der Waals surface area contributed by atoms with Crippen molar-refractivity contribution < 1.29 is 9.84 Å². The maximum Gasteiger partial charge on any atom is 0.0692 e. The van der Waals surface area contributed by atoms with Crippen LogP contribution in [-0.4, -0.2) is 23.9 Å². The maximum absolute atomic E-state index is 9.18. The number of aliphatic hydroxyl groups is 1. The van der Waals surface area contributed by atoms with Crippen molar-refractivity contribution in [3.63, 3.8) is 0 Å². The molecular weight excluding hydrogens is 104 g/mol. The minimum atomic E-state index is -0.696. The lowest BCUT2D eigenvalue weighted by atomic mass is 9.98. The molecular formula is C6H11O2. The summed E-state index contributed by atoms with van der Waals surface area (Å²) in [6.07, 6.45) is 1.35. The van der Waals surface area contributed by atoms with E-state index in [9.17, 15) is 5.11 Å². The minimum Gasteiger partial charge on any atom is -0.390 e. The van der Waals surface area contributed by atoms with Crippen LogP contribution in [0.15, 0.2) is 0 Å². The van der Waals surface area contributed by atoms with E-state index in [1.54, 1.807) is 0 Å². The van der Waals surface area contributed by atoms with E-state index in [-0.39, 0.29) is 0 Å². The second kappa shape index (κ2) is 2.03. The van der Waals surface area contributed by atoms with Crippen molar-refractivity contribution in [1.82, 2.24) is 0 Å². The molecule has 1 N–H and O–H groups in total. The van der Waals surface area contributed by atoms with Crippen molar-refractivity contribution in [2.24, 2.45) is 0 Å². The van der Waals surface area contributed by atoms with Gasteiger partial charge in [0.05, 0.1) is 5.60 Å². The van der Waals surface area contributed by atoms with Crippen LogP contribution in [0.3, 0.4) is 0 Å². The van der Waals surface area contributed by atoms with Gasteiger partial charge in [-0.3, -0.25) is 0 Å². The Morgan fingerprint density at radius 1 is 1.38 bits per heavy atom. The van der Waals surface area contributed by atoms with E-state index >= 15 is 0 Å². The topological polar surface area (TPSA) is 29.5 Å². The van der Waals surface area contributed by atoms with Crippen LogP contribution in [0.2, 0.25) is 0 Å². The molecule has 0 amide bonds. The lowest BCUT2D eigenvalue weighted by molar-refractivity contribution is -0.0340. The van der Waals surface area contributed by atoms with E-state index in [2.05, 4.69) is 6.92 Å². The van der Waals surface area contributed by atoms with Gasteiger partial charge in [-0.15, -0.1) is 0 Å². The molecule has 0 bridgehead atoms. The standard InChI is InChI=1S/C6H11O2/c1-6(7)2-4-8-5-3-6/h7H,1-5H2. The summed E-state index contributed by atoms with van der Waals surface area (Å²) in [6.45, 7) is 4.91. The molecule has 1 aliphatic rings. The highest BCUT2D eigenvalue weighted by Gasteiger charge is 2.23. The number of hydrogen-bond acceptors (Lipinski definition) is 2. The smallest absolute Gasteiger partial charge is 0.0692 e. The van der Waals surface area contributed by atoms with E-state index in [1.165, 1.54) is 0 Å². The molecule has 1 radical (unpaired) electrons. The van der Waals surface area contributed by atoms with Crippen LogP contribution in [0, 0.1) is 6.92 Å². The lowest BCUT2D eigenvalue weighted by Gasteiger charge is -2.27. The third kappa shape index (κ3) is 1.46. The fourth-order valence-electron chi connectivity index (χ4n) is 0.751. The van der Waals surface area contributed by atoms with Gasteiger partial charge in [-0.2, -0.15) is 0 Å². The van der Waals surface area contributed by atoms with Crippen LogP contribution in [0.4, 0.5) is 0 Å². The van der Waals surface area contributed by atoms with E-state index in [4.69, 9.17) is 4.74 Å². The predicted molar refractivity (Wildman–Crippen MR) is 30.4 cm³/mol. The summed E-state index contributed by atoms with van der Waals surface area (Å²) in [4.78, 5) is 0. The highest BCUT2D eigenvalue weighted by molar-refractivity contribution is 4.82. The Kier molecular flexibility index (Phi) is 1.54. The number of hydrogen-bond donors (Lipinski definition) is 1. The first kappa shape index (κ1) is 6.05. The summed E-state index contributed by atoms with van der Waals surface area (Å²) < 4.78 is 5.01. The summed E-state index contributed by atoms with van der Waals surface area (Å²) in [6, 6.07) is 0. The summed E-state index contributed by atoms with van der Waals surface area (Å²) in [5, 5.41) is 9.18. The second-order valence-corrected chi connectivity index (χ2v) is 2.34. The Hall–Kier alpha value is -0.0800. The fourth-order valence-corrected chi connectivity index (χ4v) is 0.751. The zero-order valence-corrected chi connectivity index (χ0v) is 4.89. The molecule has 2 heteroatoms.